The summed E-state index contributed by atoms with van der Waals surface area (Å²) in [6, 6.07) is 14.6. The second-order valence-corrected chi connectivity index (χ2v) is 4.61. The molecule has 0 fully saturated rings. The van der Waals surface area contributed by atoms with Gasteiger partial charge in [0.2, 0.25) is 5.95 Å². The van der Waals surface area contributed by atoms with E-state index in [4.69, 9.17) is 0 Å². The van der Waals surface area contributed by atoms with Crippen molar-refractivity contribution in [3.8, 4) is 5.69 Å². The summed E-state index contributed by atoms with van der Waals surface area (Å²) in [6.45, 7) is 0. The van der Waals surface area contributed by atoms with Crippen molar-refractivity contribution in [3.05, 3.63) is 76.6 Å². The number of nitrogens with one attached hydrogen (secondary N) is 1. The SMILES string of the molecule is O=C(Nc1ncn(-c2ccc([N+](=O)[O-])cc2)n1)c1ccccc1. The number of non-ortho nitro benzene ring substituents is 1. The van der Waals surface area contributed by atoms with Gasteiger partial charge in [-0.1, -0.05) is 18.2 Å². The zero-order valence-corrected chi connectivity index (χ0v) is 11.8. The maximum atomic E-state index is 12.0. The van der Waals surface area contributed by atoms with Crippen molar-refractivity contribution in [2.24, 2.45) is 0 Å². The van der Waals surface area contributed by atoms with Crippen molar-refractivity contribution in [3.63, 3.8) is 0 Å². The molecule has 2 aromatic carbocycles. The Morgan fingerprint density at radius 1 is 1.09 bits per heavy atom. The van der Waals surface area contributed by atoms with Crippen LogP contribution in [0.2, 0.25) is 0 Å². The van der Waals surface area contributed by atoms with Crippen LogP contribution < -0.4 is 5.32 Å². The Bertz CT molecular complexity index is 843. The van der Waals surface area contributed by atoms with Crippen LogP contribution in [0.5, 0.6) is 0 Å². The molecule has 1 N–H and O–H groups in total. The molecule has 114 valence electrons. The summed E-state index contributed by atoms with van der Waals surface area (Å²) < 4.78 is 1.42. The van der Waals surface area contributed by atoms with Gasteiger partial charge < -0.3 is 0 Å². The van der Waals surface area contributed by atoms with E-state index in [0.717, 1.165) is 0 Å². The molecular weight excluding hydrogens is 298 g/mol. The minimum atomic E-state index is -0.476. The Kier molecular flexibility index (Phi) is 3.79. The quantitative estimate of drug-likeness (QED) is 0.589. The average molecular weight is 309 g/mol. The molecule has 0 saturated carbocycles. The second kappa shape index (κ2) is 6.06. The van der Waals surface area contributed by atoms with Crippen molar-refractivity contribution >= 4 is 17.5 Å². The van der Waals surface area contributed by atoms with Crippen LogP contribution in [0.15, 0.2) is 60.9 Å². The predicted molar refractivity (Wildman–Crippen MR) is 82.4 cm³/mol. The molecule has 0 aliphatic carbocycles. The molecular formula is C15H11N5O3. The number of nitrogens with zero attached hydrogens (tertiary/aromatic N) is 4. The highest BCUT2D eigenvalue weighted by Crippen LogP contribution is 2.15. The van der Waals surface area contributed by atoms with E-state index in [0.29, 0.717) is 11.3 Å². The van der Waals surface area contributed by atoms with Gasteiger partial charge in [-0.2, -0.15) is 4.98 Å². The molecule has 0 atom stereocenters. The van der Waals surface area contributed by atoms with Crippen molar-refractivity contribution in [2.75, 3.05) is 5.32 Å². The number of nitro benzene ring substituents is 1. The Balaban J connectivity index is 1.75. The molecule has 1 aromatic heterocycles. The molecule has 23 heavy (non-hydrogen) atoms. The smallest absolute Gasteiger partial charge is 0.269 e. The van der Waals surface area contributed by atoms with Crippen LogP contribution in [-0.4, -0.2) is 25.6 Å². The van der Waals surface area contributed by atoms with Crippen molar-refractivity contribution in [1.29, 1.82) is 0 Å². The summed E-state index contributed by atoms with van der Waals surface area (Å²) in [5.41, 5.74) is 1.09. The van der Waals surface area contributed by atoms with Crippen LogP contribution in [0.3, 0.4) is 0 Å². The van der Waals surface area contributed by atoms with Crippen molar-refractivity contribution < 1.29 is 9.72 Å². The summed E-state index contributed by atoms with van der Waals surface area (Å²) >= 11 is 0. The third kappa shape index (κ3) is 3.21. The van der Waals surface area contributed by atoms with Gasteiger partial charge in [0.1, 0.15) is 6.33 Å². The van der Waals surface area contributed by atoms with E-state index in [9.17, 15) is 14.9 Å². The molecule has 0 bridgehead atoms. The second-order valence-electron chi connectivity index (χ2n) is 4.61. The lowest BCUT2D eigenvalue weighted by Gasteiger charge is -2.01. The Morgan fingerprint density at radius 3 is 2.43 bits per heavy atom. The first-order valence-corrected chi connectivity index (χ1v) is 6.66. The van der Waals surface area contributed by atoms with Crippen LogP contribution in [0.25, 0.3) is 5.69 Å². The van der Waals surface area contributed by atoms with Gasteiger partial charge in [0.15, 0.2) is 0 Å². The highest BCUT2D eigenvalue weighted by atomic mass is 16.6. The third-order valence-corrected chi connectivity index (χ3v) is 3.08. The minimum absolute atomic E-state index is 0.00790. The van der Waals surface area contributed by atoms with E-state index < -0.39 is 4.92 Å². The van der Waals surface area contributed by atoms with Gasteiger partial charge in [-0.05, 0) is 24.3 Å². The van der Waals surface area contributed by atoms with Gasteiger partial charge in [-0.25, -0.2) is 4.68 Å². The highest BCUT2D eigenvalue weighted by Gasteiger charge is 2.10. The molecule has 0 aliphatic heterocycles. The number of benzene rings is 2. The van der Waals surface area contributed by atoms with E-state index >= 15 is 0 Å². The number of carbonyl (C=O) groups is 1. The summed E-state index contributed by atoms with van der Waals surface area (Å²) in [7, 11) is 0. The average Bonchev–Trinajstić information content (AvgIpc) is 3.04. The first-order chi connectivity index (χ1) is 11.1. The molecule has 3 rings (SSSR count). The summed E-state index contributed by atoms with van der Waals surface area (Å²) in [4.78, 5) is 26.2. The van der Waals surface area contributed by atoms with Gasteiger partial charge in [0, 0.05) is 17.7 Å². The molecule has 0 aliphatic rings. The Hall–Kier alpha value is -3.55. The lowest BCUT2D eigenvalue weighted by Crippen LogP contribution is -2.13. The van der Waals surface area contributed by atoms with Gasteiger partial charge >= 0.3 is 0 Å². The van der Waals surface area contributed by atoms with Gasteiger partial charge in [-0.3, -0.25) is 20.2 Å². The number of amides is 1. The first-order valence-electron chi connectivity index (χ1n) is 6.66. The van der Waals surface area contributed by atoms with Crippen molar-refractivity contribution in [1.82, 2.24) is 14.8 Å². The van der Waals surface area contributed by atoms with Crippen molar-refractivity contribution in [2.45, 2.75) is 0 Å². The molecule has 0 saturated heterocycles. The Morgan fingerprint density at radius 2 is 1.78 bits per heavy atom. The number of aromatic nitrogens is 3. The number of nitro groups is 1. The van der Waals surface area contributed by atoms with E-state index in [1.807, 2.05) is 6.07 Å². The number of anilines is 1. The maximum absolute atomic E-state index is 12.0. The summed E-state index contributed by atoms with van der Waals surface area (Å²) in [5, 5.41) is 17.3. The first kappa shape index (κ1) is 14.4. The third-order valence-electron chi connectivity index (χ3n) is 3.08. The zero-order chi connectivity index (χ0) is 16.2. The zero-order valence-electron chi connectivity index (χ0n) is 11.8. The minimum Gasteiger partial charge on any atom is -0.289 e. The standard InChI is InChI=1S/C15H11N5O3/c21-14(11-4-2-1-3-5-11)17-15-16-10-19(18-15)12-6-8-13(9-7-12)20(22)23/h1-10H,(H,17,18,21). The molecule has 0 spiro atoms. The fourth-order valence-corrected chi connectivity index (χ4v) is 1.94. The topological polar surface area (TPSA) is 103 Å². The highest BCUT2D eigenvalue weighted by molar-refractivity contribution is 6.03. The lowest BCUT2D eigenvalue weighted by molar-refractivity contribution is -0.384. The monoisotopic (exact) mass is 309 g/mol. The van der Waals surface area contributed by atoms with Gasteiger partial charge in [0.05, 0.1) is 10.6 Å². The molecule has 0 unspecified atom stereocenters. The number of hydrogen-bond acceptors (Lipinski definition) is 5. The predicted octanol–water partition coefficient (Wildman–Crippen LogP) is 2.43. The molecule has 1 heterocycles. The normalized spacial score (nSPS) is 10.3. The molecule has 0 radical (unpaired) electrons. The van der Waals surface area contributed by atoms with E-state index in [-0.39, 0.29) is 17.5 Å². The van der Waals surface area contributed by atoms with E-state index in [2.05, 4.69) is 15.4 Å². The summed E-state index contributed by atoms with van der Waals surface area (Å²) in [6.07, 6.45) is 1.42. The Labute approximate surface area is 130 Å². The van der Waals surface area contributed by atoms with Gasteiger partial charge in [0.25, 0.3) is 11.6 Å². The molecule has 1 amide bonds. The number of rotatable bonds is 4. The number of hydrogen-bond donors (Lipinski definition) is 1. The number of carbonyl (C=O) groups excluding carboxylic acids is 1. The fourth-order valence-electron chi connectivity index (χ4n) is 1.94. The van der Waals surface area contributed by atoms with Crippen LogP contribution >= 0.6 is 0 Å². The fraction of sp³-hybridized carbons (Fsp3) is 0. The van der Waals surface area contributed by atoms with Crippen LogP contribution in [-0.2, 0) is 0 Å². The van der Waals surface area contributed by atoms with E-state index in [1.165, 1.54) is 23.1 Å². The van der Waals surface area contributed by atoms with Crippen LogP contribution in [0, 0.1) is 10.1 Å². The maximum Gasteiger partial charge on any atom is 0.269 e. The lowest BCUT2D eigenvalue weighted by atomic mass is 10.2. The van der Waals surface area contributed by atoms with Gasteiger partial charge in [-0.15, -0.1) is 5.10 Å². The summed E-state index contributed by atoms with van der Waals surface area (Å²) in [5.74, 6) is -0.163. The van der Waals surface area contributed by atoms with E-state index in [1.54, 1.807) is 36.4 Å². The largest absolute Gasteiger partial charge is 0.289 e. The van der Waals surface area contributed by atoms with Crippen LogP contribution in [0.1, 0.15) is 10.4 Å². The molecule has 8 heteroatoms. The molecule has 3 aromatic rings. The van der Waals surface area contributed by atoms with Crippen LogP contribution in [0.4, 0.5) is 11.6 Å². The molecule has 8 nitrogen and oxygen atoms in total.